The topological polar surface area (TPSA) is 83.4 Å². The first-order valence-corrected chi connectivity index (χ1v) is 6.72. The van der Waals surface area contributed by atoms with Crippen LogP contribution in [0.15, 0.2) is 40.4 Å². The van der Waals surface area contributed by atoms with E-state index < -0.39 is 0 Å². The van der Waals surface area contributed by atoms with E-state index in [1.54, 1.807) is 23.9 Å². The predicted molar refractivity (Wildman–Crippen MR) is 79.5 cm³/mol. The molecule has 0 bridgehead atoms. The van der Waals surface area contributed by atoms with Crippen LogP contribution in [0.1, 0.15) is 20.8 Å². The maximum Gasteiger partial charge on any atom is 0.163 e. The number of nitrogens with zero attached hydrogens (tertiary/aromatic N) is 3. The van der Waals surface area contributed by atoms with E-state index in [0.29, 0.717) is 5.69 Å². The number of nitriles is 3. The molecule has 0 unspecified atom stereocenters. The lowest BCUT2D eigenvalue weighted by Gasteiger charge is -2.20. The summed E-state index contributed by atoms with van der Waals surface area (Å²) >= 11 is 1.65. The molecule has 0 radical (unpaired) electrons. The third-order valence-corrected chi connectivity index (χ3v) is 3.34. The molecule has 1 aromatic rings. The van der Waals surface area contributed by atoms with Crippen molar-refractivity contribution in [3.63, 3.8) is 0 Å². The smallest absolute Gasteiger partial charge is 0.163 e. The fourth-order valence-corrected chi connectivity index (χ4v) is 2.44. The van der Waals surface area contributed by atoms with Gasteiger partial charge in [0.05, 0.1) is 5.69 Å². The van der Waals surface area contributed by atoms with Crippen LogP contribution >= 0.6 is 11.8 Å². The number of anilines is 1. The van der Waals surface area contributed by atoms with Gasteiger partial charge in [0.25, 0.3) is 0 Å². The predicted octanol–water partition coefficient (Wildman–Crippen LogP) is 3.81. The van der Waals surface area contributed by atoms with E-state index >= 15 is 0 Å². The van der Waals surface area contributed by atoms with Gasteiger partial charge < -0.3 is 5.32 Å². The van der Waals surface area contributed by atoms with Crippen LogP contribution in [0.3, 0.4) is 0 Å². The minimum absolute atomic E-state index is 0.0155. The number of thioether (sulfide) groups is 1. The molecule has 0 aliphatic rings. The first-order chi connectivity index (χ1) is 9.41. The molecule has 0 spiro atoms. The Morgan fingerprint density at radius 3 is 2.15 bits per heavy atom. The summed E-state index contributed by atoms with van der Waals surface area (Å²) in [5.41, 5.74) is 0.465. The van der Waals surface area contributed by atoms with Crippen LogP contribution in [0.25, 0.3) is 0 Å². The molecule has 0 amide bonds. The maximum atomic E-state index is 9.06. The Morgan fingerprint density at radius 2 is 1.65 bits per heavy atom. The third kappa shape index (κ3) is 4.35. The second-order valence-electron chi connectivity index (χ2n) is 4.92. The van der Waals surface area contributed by atoms with Crippen molar-refractivity contribution >= 4 is 17.4 Å². The zero-order valence-electron chi connectivity index (χ0n) is 11.6. The van der Waals surface area contributed by atoms with Gasteiger partial charge >= 0.3 is 0 Å². The number of nitrogens with one attached hydrogen (secondary N) is 1. The van der Waals surface area contributed by atoms with Crippen molar-refractivity contribution < 1.29 is 0 Å². The van der Waals surface area contributed by atoms with Crippen LogP contribution in [-0.4, -0.2) is 4.75 Å². The molecule has 0 fully saturated rings. The lowest BCUT2D eigenvalue weighted by molar-refractivity contribution is 0.803. The first kappa shape index (κ1) is 15.6. The molecule has 4 nitrogen and oxygen atoms in total. The van der Waals surface area contributed by atoms with Crippen molar-refractivity contribution in [2.45, 2.75) is 30.4 Å². The van der Waals surface area contributed by atoms with Gasteiger partial charge in [-0.15, -0.1) is 11.8 Å². The normalized spacial score (nSPS) is 9.80. The third-order valence-electron chi connectivity index (χ3n) is 2.15. The van der Waals surface area contributed by atoms with Crippen molar-refractivity contribution in [2.75, 3.05) is 5.32 Å². The fourth-order valence-electron chi connectivity index (χ4n) is 1.41. The lowest BCUT2D eigenvalue weighted by atomic mass is 10.2. The standard InChI is InChI=1S/C15H14N4S/c1-15(2,3)20-14-7-5-4-6-12(14)19-13(10-18)11(8-16)9-17/h4-7,19H,1-3H3. The van der Waals surface area contributed by atoms with Crippen molar-refractivity contribution in [1.82, 2.24) is 0 Å². The highest BCUT2D eigenvalue weighted by Crippen LogP contribution is 2.36. The number of hydrogen-bond donors (Lipinski definition) is 1. The van der Waals surface area contributed by atoms with Crippen molar-refractivity contribution in [3.05, 3.63) is 35.5 Å². The molecule has 1 N–H and O–H groups in total. The Labute approximate surface area is 123 Å². The van der Waals surface area contributed by atoms with E-state index in [9.17, 15) is 0 Å². The number of para-hydroxylation sites is 1. The quantitative estimate of drug-likeness (QED) is 0.673. The van der Waals surface area contributed by atoms with Gasteiger partial charge in [0.2, 0.25) is 0 Å². The Bertz CT molecular complexity index is 632. The number of hydrogen-bond acceptors (Lipinski definition) is 5. The molecule has 0 saturated carbocycles. The fraction of sp³-hybridized carbons (Fsp3) is 0.267. The summed E-state index contributed by atoms with van der Waals surface area (Å²) in [6.45, 7) is 6.27. The summed E-state index contributed by atoms with van der Waals surface area (Å²) in [6.07, 6.45) is 0. The monoisotopic (exact) mass is 282 g/mol. The SMILES string of the molecule is CC(C)(C)Sc1ccccc1NC(C#N)=C(C#N)C#N. The molecule has 0 aliphatic carbocycles. The molecular formula is C15H14N4S. The van der Waals surface area contributed by atoms with Gasteiger partial charge in [-0.25, -0.2) is 0 Å². The highest BCUT2D eigenvalue weighted by molar-refractivity contribution is 8.00. The second-order valence-corrected chi connectivity index (χ2v) is 6.79. The lowest BCUT2D eigenvalue weighted by Crippen LogP contribution is -2.08. The molecule has 5 heteroatoms. The number of benzene rings is 1. The van der Waals surface area contributed by atoms with Crippen molar-refractivity contribution in [1.29, 1.82) is 15.8 Å². The van der Waals surface area contributed by atoms with Crippen LogP contribution in [0.4, 0.5) is 5.69 Å². The van der Waals surface area contributed by atoms with Crippen LogP contribution in [0.5, 0.6) is 0 Å². The van der Waals surface area contributed by atoms with Gasteiger partial charge in [-0.3, -0.25) is 0 Å². The molecule has 0 aromatic heterocycles. The molecule has 1 rings (SSSR count). The summed E-state index contributed by atoms with van der Waals surface area (Å²) in [4.78, 5) is 0.961. The Morgan fingerprint density at radius 1 is 1.05 bits per heavy atom. The van der Waals surface area contributed by atoms with Crippen LogP contribution in [-0.2, 0) is 0 Å². The van der Waals surface area contributed by atoms with Crippen LogP contribution in [0.2, 0.25) is 0 Å². The van der Waals surface area contributed by atoms with Gasteiger partial charge in [-0.1, -0.05) is 32.9 Å². The Balaban J connectivity index is 3.18. The zero-order valence-corrected chi connectivity index (χ0v) is 12.4. The molecule has 0 aliphatic heterocycles. The summed E-state index contributed by atoms with van der Waals surface area (Å²) < 4.78 is 0.0155. The number of allylic oxidation sites excluding steroid dienone is 2. The van der Waals surface area contributed by atoms with Crippen molar-refractivity contribution in [3.8, 4) is 18.2 Å². The Hall–Kier alpha value is -2.42. The van der Waals surface area contributed by atoms with E-state index in [1.807, 2.05) is 30.3 Å². The Kier molecular flexibility index (Phi) is 5.21. The van der Waals surface area contributed by atoms with E-state index in [1.165, 1.54) is 0 Å². The minimum atomic E-state index is -0.219. The maximum absolute atomic E-state index is 9.06. The zero-order chi connectivity index (χ0) is 15.2. The molecule has 0 heterocycles. The average molecular weight is 282 g/mol. The first-order valence-electron chi connectivity index (χ1n) is 5.91. The summed E-state index contributed by atoms with van der Waals surface area (Å²) in [5.74, 6) is 0. The van der Waals surface area contributed by atoms with Crippen molar-refractivity contribution in [2.24, 2.45) is 0 Å². The van der Waals surface area contributed by atoms with E-state index in [4.69, 9.17) is 15.8 Å². The van der Waals surface area contributed by atoms with Gasteiger partial charge in [-0.2, -0.15) is 15.8 Å². The molecule has 20 heavy (non-hydrogen) atoms. The average Bonchev–Trinajstić information content (AvgIpc) is 2.39. The summed E-state index contributed by atoms with van der Waals surface area (Å²) in [5, 5.41) is 29.6. The minimum Gasteiger partial charge on any atom is -0.344 e. The summed E-state index contributed by atoms with van der Waals surface area (Å²) in [7, 11) is 0. The van der Waals surface area contributed by atoms with E-state index in [-0.39, 0.29) is 16.0 Å². The van der Waals surface area contributed by atoms with E-state index in [2.05, 4.69) is 26.1 Å². The van der Waals surface area contributed by atoms with E-state index in [0.717, 1.165) is 4.90 Å². The molecule has 0 atom stereocenters. The summed E-state index contributed by atoms with van der Waals surface area (Å²) in [6, 6.07) is 12.8. The van der Waals surface area contributed by atoms with Gasteiger partial charge in [0.1, 0.15) is 23.9 Å². The van der Waals surface area contributed by atoms with Gasteiger partial charge in [0, 0.05) is 9.64 Å². The number of rotatable bonds is 3. The molecule has 1 aromatic carbocycles. The molecule has 0 saturated heterocycles. The second kappa shape index (κ2) is 6.66. The highest BCUT2D eigenvalue weighted by Gasteiger charge is 2.15. The molecule has 100 valence electrons. The largest absolute Gasteiger partial charge is 0.344 e. The van der Waals surface area contributed by atoms with Gasteiger partial charge in [-0.05, 0) is 12.1 Å². The molecular weight excluding hydrogens is 268 g/mol. The van der Waals surface area contributed by atoms with Gasteiger partial charge in [0.15, 0.2) is 5.57 Å². The van der Waals surface area contributed by atoms with Crippen LogP contribution in [0, 0.1) is 34.0 Å². The highest BCUT2D eigenvalue weighted by atomic mass is 32.2. The van der Waals surface area contributed by atoms with Crippen LogP contribution < -0.4 is 5.32 Å².